The molecule has 2 fully saturated rings. The Labute approximate surface area is 177 Å². The van der Waals surface area contributed by atoms with E-state index >= 15 is 0 Å². The number of amides is 3. The number of fused-ring (bicyclic) bond motifs is 1. The van der Waals surface area contributed by atoms with Crippen molar-refractivity contribution >= 4 is 17.7 Å². The highest BCUT2D eigenvalue weighted by Gasteiger charge is 2.57. The molecule has 3 amide bonds. The van der Waals surface area contributed by atoms with E-state index in [9.17, 15) is 19.5 Å². The number of carbonyl (C=O) groups excluding carboxylic acids is 3. The fourth-order valence-electron chi connectivity index (χ4n) is 4.94. The zero-order valence-corrected chi connectivity index (χ0v) is 18.0. The maximum atomic E-state index is 13.4. The number of likely N-dealkylation sites (tertiary alicyclic amines) is 1. The van der Waals surface area contributed by atoms with Gasteiger partial charge in [-0.1, -0.05) is 19.1 Å². The van der Waals surface area contributed by atoms with E-state index in [0.717, 1.165) is 13.1 Å². The molecule has 0 radical (unpaired) electrons. The molecule has 0 spiro atoms. The first-order valence-electron chi connectivity index (χ1n) is 10.8. The summed E-state index contributed by atoms with van der Waals surface area (Å²) in [5.74, 6) is -2.30. The molecule has 0 aromatic carbocycles. The highest BCUT2D eigenvalue weighted by Crippen LogP contribution is 2.44. The second kappa shape index (κ2) is 9.89. The van der Waals surface area contributed by atoms with E-state index in [4.69, 9.17) is 4.74 Å². The topological polar surface area (TPSA) is 111 Å². The second-order valence-electron chi connectivity index (χ2n) is 8.45. The van der Waals surface area contributed by atoms with Crippen molar-refractivity contribution in [3.63, 3.8) is 0 Å². The molecule has 2 saturated heterocycles. The number of aliphatic hydroxyl groups excluding tert-OH is 1. The monoisotopic (exact) mass is 422 g/mol. The van der Waals surface area contributed by atoms with Gasteiger partial charge < -0.3 is 25.4 Å². The molecule has 3 rings (SSSR count). The smallest absolute Gasteiger partial charge is 0.243 e. The van der Waals surface area contributed by atoms with E-state index in [1.54, 1.807) is 14.0 Å². The van der Waals surface area contributed by atoms with Gasteiger partial charge in [0.15, 0.2) is 0 Å². The molecule has 3 N–H and O–H groups in total. The predicted molar refractivity (Wildman–Crippen MR) is 110 cm³/mol. The van der Waals surface area contributed by atoms with E-state index in [1.165, 1.54) is 4.90 Å². The van der Waals surface area contributed by atoms with Gasteiger partial charge in [0.25, 0.3) is 0 Å². The van der Waals surface area contributed by atoms with Crippen LogP contribution in [0.3, 0.4) is 0 Å². The Balaban J connectivity index is 1.77. The summed E-state index contributed by atoms with van der Waals surface area (Å²) in [6, 6.07) is -1.24. The van der Waals surface area contributed by atoms with Gasteiger partial charge in [-0.2, -0.15) is 0 Å². The first-order chi connectivity index (χ1) is 14.4. The van der Waals surface area contributed by atoms with Gasteiger partial charge in [0.1, 0.15) is 6.04 Å². The van der Waals surface area contributed by atoms with Crippen molar-refractivity contribution in [2.45, 2.75) is 25.9 Å². The third kappa shape index (κ3) is 4.38. The Morgan fingerprint density at radius 3 is 2.60 bits per heavy atom. The van der Waals surface area contributed by atoms with Crippen molar-refractivity contribution in [1.82, 2.24) is 20.4 Å². The SMILES string of the molecule is CNC(=O)[C@H]1[C@H]2C(=O)N([C@H](C)CO)[C@H](C(=O)NCCN3CCOCC3)[C@H]2C=C[C@H]1C. The van der Waals surface area contributed by atoms with Gasteiger partial charge in [0.05, 0.1) is 37.7 Å². The summed E-state index contributed by atoms with van der Waals surface area (Å²) >= 11 is 0. The summed E-state index contributed by atoms with van der Waals surface area (Å²) in [6.45, 7) is 7.65. The number of allylic oxidation sites excluding steroid dienone is 1. The van der Waals surface area contributed by atoms with Gasteiger partial charge in [-0.05, 0) is 12.8 Å². The van der Waals surface area contributed by atoms with Crippen LogP contribution in [-0.2, 0) is 19.1 Å². The Hall–Kier alpha value is -1.97. The lowest BCUT2D eigenvalue weighted by molar-refractivity contribution is -0.142. The van der Waals surface area contributed by atoms with Crippen LogP contribution in [-0.4, -0.2) is 97.8 Å². The minimum absolute atomic E-state index is 0.107. The lowest BCUT2D eigenvalue weighted by Gasteiger charge is -2.33. The number of hydrogen-bond donors (Lipinski definition) is 3. The van der Waals surface area contributed by atoms with Crippen molar-refractivity contribution in [2.75, 3.05) is 53.0 Å². The van der Waals surface area contributed by atoms with Gasteiger partial charge in [-0.15, -0.1) is 0 Å². The number of carbonyl (C=O) groups is 3. The molecule has 2 heterocycles. The Bertz CT molecular complexity index is 678. The Kier molecular flexibility index (Phi) is 7.49. The van der Waals surface area contributed by atoms with Crippen LogP contribution in [0.2, 0.25) is 0 Å². The molecule has 168 valence electrons. The van der Waals surface area contributed by atoms with E-state index < -0.39 is 29.8 Å². The van der Waals surface area contributed by atoms with Crippen LogP contribution >= 0.6 is 0 Å². The summed E-state index contributed by atoms with van der Waals surface area (Å²) in [4.78, 5) is 42.8. The van der Waals surface area contributed by atoms with Gasteiger partial charge in [-0.3, -0.25) is 19.3 Å². The quantitative estimate of drug-likeness (QED) is 0.446. The fourth-order valence-corrected chi connectivity index (χ4v) is 4.94. The summed E-state index contributed by atoms with van der Waals surface area (Å²) in [7, 11) is 1.56. The highest BCUT2D eigenvalue weighted by atomic mass is 16.5. The lowest BCUT2D eigenvalue weighted by atomic mass is 9.70. The minimum Gasteiger partial charge on any atom is -0.394 e. The van der Waals surface area contributed by atoms with Gasteiger partial charge in [-0.25, -0.2) is 0 Å². The van der Waals surface area contributed by atoms with Crippen LogP contribution in [0.4, 0.5) is 0 Å². The van der Waals surface area contributed by atoms with E-state index in [-0.39, 0.29) is 30.2 Å². The largest absolute Gasteiger partial charge is 0.394 e. The zero-order chi connectivity index (χ0) is 21.8. The van der Waals surface area contributed by atoms with E-state index in [2.05, 4.69) is 15.5 Å². The summed E-state index contributed by atoms with van der Waals surface area (Å²) in [5.41, 5.74) is 0. The van der Waals surface area contributed by atoms with Crippen LogP contribution in [0.25, 0.3) is 0 Å². The maximum absolute atomic E-state index is 13.4. The van der Waals surface area contributed by atoms with E-state index in [1.807, 2.05) is 19.1 Å². The molecule has 6 atom stereocenters. The third-order valence-electron chi connectivity index (χ3n) is 6.60. The number of nitrogens with zero attached hydrogens (tertiary/aromatic N) is 2. The summed E-state index contributed by atoms with van der Waals surface area (Å²) in [5, 5.41) is 15.4. The molecule has 0 aromatic rings. The van der Waals surface area contributed by atoms with Crippen LogP contribution < -0.4 is 10.6 Å². The van der Waals surface area contributed by atoms with Crippen molar-refractivity contribution in [3.8, 4) is 0 Å². The predicted octanol–water partition coefficient (Wildman–Crippen LogP) is -1.17. The molecule has 2 aliphatic heterocycles. The van der Waals surface area contributed by atoms with Gasteiger partial charge in [0, 0.05) is 39.1 Å². The fraction of sp³-hybridized carbons (Fsp3) is 0.762. The second-order valence-corrected chi connectivity index (χ2v) is 8.45. The van der Waals surface area contributed by atoms with Crippen molar-refractivity contribution in [1.29, 1.82) is 0 Å². The molecular formula is C21H34N4O5. The van der Waals surface area contributed by atoms with Crippen LogP contribution in [0.15, 0.2) is 12.2 Å². The molecule has 3 aliphatic rings. The Morgan fingerprint density at radius 2 is 1.97 bits per heavy atom. The molecule has 9 nitrogen and oxygen atoms in total. The van der Waals surface area contributed by atoms with E-state index in [0.29, 0.717) is 26.3 Å². The molecular weight excluding hydrogens is 388 g/mol. The summed E-state index contributed by atoms with van der Waals surface area (Å²) < 4.78 is 5.34. The lowest BCUT2D eigenvalue weighted by Crippen LogP contribution is -2.52. The van der Waals surface area contributed by atoms with Crippen LogP contribution in [0.5, 0.6) is 0 Å². The first kappa shape index (κ1) is 22.7. The van der Waals surface area contributed by atoms with Crippen molar-refractivity contribution < 1.29 is 24.2 Å². The van der Waals surface area contributed by atoms with Crippen LogP contribution in [0.1, 0.15) is 13.8 Å². The highest BCUT2D eigenvalue weighted by molar-refractivity contribution is 5.96. The van der Waals surface area contributed by atoms with Crippen molar-refractivity contribution in [3.05, 3.63) is 12.2 Å². The normalized spacial score (nSPS) is 32.6. The molecule has 0 bridgehead atoms. The maximum Gasteiger partial charge on any atom is 0.243 e. The minimum atomic E-state index is -0.731. The molecule has 0 unspecified atom stereocenters. The number of aliphatic hydroxyl groups is 1. The molecule has 30 heavy (non-hydrogen) atoms. The molecule has 9 heteroatoms. The zero-order valence-electron chi connectivity index (χ0n) is 18.0. The third-order valence-corrected chi connectivity index (χ3v) is 6.60. The molecule has 0 saturated carbocycles. The number of morpholine rings is 1. The van der Waals surface area contributed by atoms with Crippen molar-refractivity contribution in [2.24, 2.45) is 23.7 Å². The number of ether oxygens (including phenoxy) is 1. The number of rotatable bonds is 7. The average molecular weight is 423 g/mol. The Morgan fingerprint density at radius 1 is 1.27 bits per heavy atom. The standard InChI is InChI=1S/C21H34N4O5/c1-13-4-5-15-17(16(13)19(27)22-3)21(29)25(14(2)12-26)18(15)20(28)23-6-7-24-8-10-30-11-9-24/h4-5,13-18,26H,6-12H2,1-3H3,(H,22,27)(H,23,28)/t13-,14-,15+,16-,17+,18+/m1/s1. The number of hydrogen-bond acceptors (Lipinski definition) is 6. The molecule has 0 aromatic heterocycles. The average Bonchev–Trinajstić information content (AvgIpc) is 3.05. The number of nitrogens with one attached hydrogen (secondary N) is 2. The van der Waals surface area contributed by atoms with Gasteiger partial charge in [0.2, 0.25) is 17.7 Å². The first-order valence-corrected chi connectivity index (χ1v) is 10.8. The van der Waals surface area contributed by atoms with Gasteiger partial charge >= 0.3 is 0 Å². The van der Waals surface area contributed by atoms with Crippen LogP contribution in [0, 0.1) is 23.7 Å². The molecule has 1 aliphatic carbocycles. The summed E-state index contributed by atoms with van der Waals surface area (Å²) in [6.07, 6.45) is 3.83.